The zero-order valence-electron chi connectivity index (χ0n) is 20.7. The van der Waals surface area contributed by atoms with Crippen LogP contribution in [0.2, 0.25) is 0 Å². The molecule has 0 saturated heterocycles. The van der Waals surface area contributed by atoms with Crippen LogP contribution in [0.4, 0.5) is 0 Å². The first-order valence-electron chi connectivity index (χ1n) is 13.5. The number of rotatable bonds is 14. The average Bonchev–Trinajstić information content (AvgIpc) is 2.85. The Morgan fingerprint density at radius 3 is 2.09 bits per heavy atom. The Bertz CT molecular complexity index is 728. The summed E-state index contributed by atoms with van der Waals surface area (Å²) in [6, 6.07) is 12.9. The van der Waals surface area contributed by atoms with Crippen molar-refractivity contribution in [2.24, 2.45) is 11.8 Å². The molecule has 0 amide bonds. The standard InChI is InChI=1S/C30H45NO/c1-3-5-7-8-9-23-32-29-20-18-28(19-21-29)30-22-17-27(24-31-30)16-15-26-13-11-25(12-14-26)10-6-4-2/h17-22,24-26H,3-16,23H2,1-2H3/t25-,26-. The van der Waals surface area contributed by atoms with Gasteiger partial charge in [-0.25, -0.2) is 0 Å². The highest BCUT2D eigenvalue weighted by molar-refractivity contribution is 5.60. The minimum atomic E-state index is 0.816. The van der Waals surface area contributed by atoms with E-state index < -0.39 is 0 Å². The summed E-state index contributed by atoms with van der Waals surface area (Å²) in [6.07, 6.45) is 21.0. The third-order valence-corrected chi connectivity index (χ3v) is 7.26. The predicted octanol–water partition coefficient (Wildman–Crippen LogP) is 9.03. The zero-order valence-corrected chi connectivity index (χ0v) is 20.7. The van der Waals surface area contributed by atoms with Gasteiger partial charge >= 0.3 is 0 Å². The summed E-state index contributed by atoms with van der Waals surface area (Å²) in [5, 5.41) is 0. The highest BCUT2D eigenvalue weighted by Gasteiger charge is 2.20. The van der Waals surface area contributed by atoms with E-state index in [9.17, 15) is 0 Å². The smallest absolute Gasteiger partial charge is 0.119 e. The van der Waals surface area contributed by atoms with Gasteiger partial charge in [-0.1, -0.05) is 90.5 Å². The van der Waals surface area contributed by atoms with Gasteiger partial charge in [0, 0.05) is 11.8 Å². The van der Waals surface area contributed by atoms with Gasteiger partial charge in [0.05, 0.1) is 12.3 Å². The van der Waals surface area contributed by atoms with Crippen LogP contribution in [-0.2, 0) is 6.42 Å². The number of benzene rings is 1. The number of ether oxygens (including phenoxy) is 1. The van der Waals surface area contributed by atoms with E-state index in [1.807, 2.05) is 0 Å². The number of hydrogen-bond acceptors (Lipinski definition) is 2. The quantitative estimate of drug-likeness (QED) is 0.276. The maximum atomic E-state index is 5.89. The molecule has 0 spiro atoms. The van der Waals surface area contributed by atoms with Crippen LogP contribution in [0, 0.1) is 11.8 Å². The van der Waals surface area contributed by atoms with Gasteiger partial charge in [-0.3, -0.25) is 4.98 Å². The second-order valence-electron chi connectivity index (χ2n) is 9.91. The molecule has 3 rings (SSSR count). The molecule has 2 aromatic rings. The topological polar surface area (TPSA) is 22.1 Å². The van der Waals surface area contributed by atoms with E-state index in [-0.39, 0.29) is 0 Å². The molecule has 1 saturated carbocycles. The highest BCUT2D eigenvalue weighted by Crippen LogP contribution is 2.34. The largest absolute Gasteiger partial charge is 0.494 e. The Morgan fingerprint density at radius 2 is 1.44 bits per heavy atom. The Labute approximate surface area is 197 Å². The number of hydrogen-bond donors (Lipinski definition) is 0. The van der Waals surface area contributed by atoms with Gasteiger partial charge in [-0.15, -0.1) is 0 Å². The monoisotopic (exact) mass is 435 g/mol. The van der Waals surface area contributed by atoms with Crippen molar-refractivity contribution >= 4 is 0 Å². The Hall–Kier alpha value is -1.83. The summed E-state index contributed by atoms with van der Waals surface area (Å²) < 4.78 is 5.89. The number of nitrogens with zero attached hydrogens (tertiary/aromatic N) is 1. The van der Waals surface area contributed by atoms with E-state index in [4.69, 9.17) is 9.72 Å². The lowest BCUT2D eigenvalue weighted by Crippen LogP contribution is -2.15. The third-order valence-electron chi connectivity index (χ3n) is 7.26. The van der Waals surface area contributed by atoms with Crippen LogP contribution >= 0.6 is 0 Å². The maximum absolute atomic E-state index is 5.89. The molecule has 0 unspecified atom stereocenters. The first-order valence-corrected chi connectivity index (χ1v) is 13.5. The van der Waals surface area contributed by atoms with Crippen molar-refractivity contribution in [3.63, 3.8) is 0 Å². The van der Waals surface area contributed by atoms with Gasteiger partial charge in [0.1, 0.15) is 5.75 Å². The molecular formula is C30H45NO. The van der Waals surface area contributed by atoms with Gasteiger partial charge in [-0.2, -0.15) is 0 Å². The molecule has 0 aliphatic heterocycles. The summed E-state index contributed by atoms with van der Waals surface area (Å²) in [4.78, 5) is 4.75. The van der Waals surface area contributed by atoms with Gasteiger partial charge in [0.2, 0.25) is 0 Å². The second-order valence-corrected chi connectivity index (χ2v) is 9.91. The molecule has 1 heterocycles. The van der Waals surface area contributed by atoms with Gasteiger partial charge < -0.3 is 4.74 Å². The maximum Gasteiger partial charge on any atom is 0.119 e. The van der Waals surface area contributed by atoms with Crippen LogP contribution in [-0.4, -0.2) is 11.6 Å². The molecule has 32 heavy (non-hydrogen) atoms. The normalized spacial score (nSPS) is 18.6. The van der Waals surface area contributed by atoms with Gasteiger partial charge in [-0.05, 0) is 67.0 Å². The average molecular weight is 436 g/mol. The first-order chi connectivity index (χ1) is 15.8. The van der Waals surface area contributed by atoms with Crippen molar-refractivity contribution in [1.29, 1.82) is 0 Å². The van der Waals surface area contributed by atoms with Crippen molar-refractivity contribution in [3.8, 4) is 17.0 Å². The molecule has 2 heteroatoms. The van der Waals surface area contributed by atoms with Crippen molar-refractivity contribution in [2.45, 2.75) is 104 Å². The van der Waals surface area contributed by atoms with Crippen molar-refractivity contribution in [3.05, 3.63) is 48.2 Å². The summed E-state index contributed by atoms with van der Waals surface area (Å²) in [7, 11) is 0. The predicted molar refractivity (Wildman–Crippen MR) is 137 cm³/mol. The minimum absolute atomic E-state index is 0.816. The number of pyridine rings is 1. The Morgan fingerprint density at radius 1 is 0.750 bits per heavy atom. The van der Waals surface area contributed by atoms with Crippen molar-refractivity contribution in [2.75, 3.05) is 6.61 Å². The molecule has 1 aromatic carbocycles. The van der Waals surface area contributed by atoms with Crippen molar-refractivity contribution in [1.82, 2.24) is 4.98 Å². The van der Waals surface area contributed by atoms with Crippen LogP contribution in [0.3, 0.4) is 0 Å². The van der Waals surface area contributed by atoms with Crippen LogP contribution in [0.1, 0.15) is 103 Å². The lowest BCUT2D eigenvalue weighted by atomic mass is 9.78. The summed E-state index contributed by atoms with van der Waals surface area (Å²) in [6.45, 7) is 5.38. The van der Waals surface area contributed by atoms with E-state index in [1.54, 1.807) is 0 Å². The summed E-state index contributed by atoms with van der Waals surface area (Å²) in [5.41, 5.74) is 3.60. The highest BCUT2D eigenvalue weighted by atomic mass is 16.5. The fourth-order valence-electron chi connectivity index (χ4n) is 5.03. The van der Waals surface area contributed by atoms with Crippen LogP contribution < -0.4 is 4.74 Å². The van der Waals surface area contributed by atoms with Gasteiger partial charge in [0.25, 0.3) is 0 Å². The van der Waals surface area contributed by atoms with E-state index in [0.717, 1.165) is 41.9 Å². The number of aromatic nitrogens is 1. The van der Waals surface area contributed by atoms with Gasteiger partial charge in [0.15, 0.2) is 0 Å². The summed E-state index contributed by atoms with van der Waals surface area (Å²) in [5.74, 6) is 2.90. The van der Waals surface area contributed by atoms with Crippen LogP contribution in [0.25, 0.3) is 11.3 Å². The Kier molecular flexibility index (Phi) is 11.1. The lowest BCUT2D eigenvalue weighted by Gasteiger charge is -2.28. The number of unbranched alkanes of at least 4 members (excludes halogenated alkanes) is 5. The van der Waals surface area contributed by atoms with E-state index >= 15 is 0 Å². The van der Waals surface area contributed by atoms with E-state index in [2.05, 4.69) is 56.4 Å². The third kappa shape index (κ3) is 8.60. The zero-order chi connectivity index (χ0) is 22.4. The molecule has 1 aromatic heterocycles. The fourth-order valence-corrected chi connectivity index (χ4v) is 5.03. The lowest BCUT2D eigenvalue weighted by molar-refractivity contribution is 0.250. The van der Waals surface area contributed by atoms with E-state index in [1.165, 1.54) is 89.0 Å². The second kappa shape index (κ2) is 14.3. The molecule has 0 bridgehead atoms. The molecule has 1 aliphatic carbocycles. The van der Waals surface area contributed by atoms with Crippen LogP contribution in [0.15, 0.2) is 42.6 Å². The molecule has 0 N–H and O–H groups in total. The molecule has 176 valence electrons. The summed E-state index contributed by atoms with van der Waals surface area (Å²) >= 11 is 0. The molecule has 1 fully saturated rings. The molecule has 0 radical (unpaired) electrons. The Balaban J connectivity index is 1.38. The molecule has 0 atom stereocenters. The van der Waals surface area contributed by atoms with Crippen LogP contribution in [0.5, 0.6) is 5.75 Å². The molecular weight excluding hydrogens is 390 g/mol. The fraction of sp³-hybridized carbons (Fsp3) is 0.633. The minimum Gasteiger partial charge on any atom is -0.494 e. The molecule has 2 nitrogen and oxygen atoms in total. The van der Waals surface area contributed by atoms with E-state index in [0.29, 0.717) is 0 Å². The van der Waals surface area contributed by atoms with Crippen molar-refractivity contribution < 1.29 is 4.74 Å². The first kappa shape index (κ1) is 24.8. The number of aryl methyl sites for hydroxylation is 1. The SMILES string of the molecule is CCCCCCCOc1ccc(-c2ccc(CC[C@H]3CC[C@H](CCCC)CC3)cn2)cc1. The molecule has 1 aliphatic rings.